The van der Waals surface area contributed by atoms with Crippen molar-refractivity contribution in [3.63, 3.8) is 0 Å². The van der Waals surface area contributed by atoms with Gasteiger partial charge in [-0.15, -0.1) is 0 Å². The molecule has 1 aromatic rings. The molecule has 2 rings (SSSR count). The van der Waals surface area contributed by atoms with E-state index in [4.69, 9.17) is 9.47 Å². The van der Waals surface area contributed by atoms with E-state index in [2.05, 4.69) is 24.9 Å². The van der Waals surface area contributed by atoms with Gasteiger partial charge in [0.05, 0.1) is 20.1 Å². The zero-order valence-electron chi connectivity index (χ0n) is 14.1. The molecule has 4 heteroatoms. The number of hydrogen-bond donors (Lipinski definition) is 0. The molecule has 0 spiro atoms. The number of carbonyl (C=O) groups excluding carboxylic acids is 1. The molecule has 1 unspecified atom stereocenters. The van der Waals surface area contributed by atoms with Gasteiger partial charge >= 0.3 is 5.97 Å². The van der Waals surface area contributed by atoms with Crippen molar-refractivity contribution in [3.8, 4) is 5.88 Å². The highest BCUT2D eigenvalue weighted by atomic mass is 16.5. The van der Waals surface area contributed by atoms with Gasteiger partial charge < -0.3 is 9.47 Å². The SMILES string of the molecule is CCC(C(=O)OC)C1CCC(c2ccnc(OC)c2C)CC1. The predicted octanol–water partition coefficient (Wildman–Crippen LogP) is 3.87. The molecular weight excluding hydrogens is 278 g/mol. The third-order valence-corrected chi connectivity index (χ3v) is 5.12. The van der Waals surface area contributed by atoms with Gasteiger partial charge in [-0.25, -0.2) is 4.98 Å². The molecule has 0 saturated heterocycles. The number of nitrogens with zero attached hydrogens (tertiary/aromatic N) is 1. The minimum Gasteiger partial charge on any atom is -0.481 e. The van der Waals surface area contributed by atoms with Crippen molar-refractivity contribution in [2.75, 3.05) is 14.2 Å². The zero-order valence-corrected chi connectivity index (χ0v) is 14.1. The van der Waals surface area contributed by atoms with Crippen molar-refractivity contribution in [1.29, 1.82) is 0 Å². The molecule has 4 nitrogen and oxygen atoms in total. The summed E-state index contributed by atoms with van der Waals surface area (Å²) in [6.45, 7) is 4.15. The first-order valence-corrected chi connectivity index (χ1v) is 8.19. The summed E-state index contributed by atoms with van der Waals surface area (Å²) < 4.78 is 10.3. The third-order valence-electron chi connectivity index (χ3n) is 5.12. The van der Waals surface area contributed by atoms with Crippen LogP contribution in [0.1, 0.15) is 56.1 Å². The van der Waals surface area contributed by atoms with Crippen LogP contribution in [0, 0.1) is 18.8 Å². The third kappa shape index (κ3) is 3.42. The average Bonchev–Trinajstić information content (AvgIpc) is 2.56. The van der Waals surface area contributed by atoms with Crippen molar-refractivity contribution in [2.45, 2.75) is 51.9 Å². The van der Waals surface area contributed by atoms with Crippen LogP contribution in [0.2, 0.25) is 0 Å². The van der Waals surface area contributed by atoms with Gasteiger partial charge in [-0.3, -0.25) is 4.79 Å². The van der Waals surface area contributed by atoms with E-state index in [1.165, 1.54) is 12.7 Å². The van der Waals surface area contributed by atoms with E-state index >= 15 is 0 Å². The maximum Gasteiger partial charge on any atom is 0.308 e. The van der Waals surface area contributed by atoms with Crippen molar-refractivity contribution < 1.29 is 14.3 Å². The van der Waals surface area contributed by atoms with Crippen LogP contribution >= 0.6 is 0 Å². The molecule has 1 aliphatic rings. The summed E-state index contributed by atoms with van der Waals surface area (Å²) in [4.78, 5) is 16.1. The molecule has 1 aromatic heterocycles. The van der Waals surface area contributed by atoms with E-state index in [0.717, 1.165) is 43.5 Å². The quantitative estimate of drug-likeness (QED) is 0.775. The Kier molecular flexibility index (Phi) is 5.81. The number of methoxy groups -OCH3 is 2. The summed E-state index contributed by atoms with van der Waals surface area (Å²) in [5.74, 6) is 1.73. The monoisotopic (exact) mass is 305 g/mol. The van der Waals surface area contributed by atoms with Crippen molar-refractivity contribution in [1.82, 2.24) is 4.98 Å². The summed E-state index contributed by atoms with van der Waals surface area (Å²) in [5.41, 5.74) is 2.49. The fourth-order valence-electron chi connectivity index (χ4n) is 3.86. The first-order valence-electron chi connectivity index (χ1n) is 8.19. The van der Waals surface area contributed by atoms with Gasteiger partial charge in [0.25, 0.3) is 0 Å². The van der Waals surface area contributed by atoms with Gasteiger partial charge in [0.15, 0.2) is 0 Å². The van der Waals surface area contributed by atoms with Crippen LogP contribution < -0.4 is 4.74 Å². The molecular formula is C18H27NO3. The van der Waals surface area contributed by atoms with E-state index in [1.54, 1.807) is 7.11 Å². The molecule has 0 radical (unpaired) electrons. The van der Waals surface area contributed by atoms with Crippen molar-refractivity contribution in [2.24, 2.45) is 11.8 Å². The molecule has 122 valence electrons. The van der Waals surface area contributed by atoms with Gasteiger partial charge in [0.1, 0.15) is 0 Å². The topological polar surface area (TPSA) is 48.4 Å². The Morgan fingerprint density at radius 3 is 2.55 bits per heavy atom. The molecule has 22 heavy (non-hydrogen) atoms. The van der Waals surface area contributed by atoms with Gasteiger partial charge in [0.2, 0.25) is 5.88 Å². The van der Waals surface area contributed by atoms with Crippen molar-refractivity contribution >= 4 is 5.97 Å². The van der Waals surface area contributed by atoms with E-state index in [-0.39, 0.29) is 11.9 Å². The molecule has 1 heterocycles. The van der Waals surface area contributed by atoms with Gasteiger partial charge in [-0.1, -0.05) is 6.92 Å². The summed E-state index contributed by atoms with van der Waals surface area (Å²) in [6, 6.07) is 2.11. The molecule has 1 aliphatic carbocycles. The van der Waals surface area contributed by atoms with Crippen LogP contribution in [0.15, 0.2) is 12.3 Å². The van der Waals surface area contributed by atoms with Crippen LogP contribution in [0.5, 0.6) is 5.88 Å². The van der Waals surface area contributed by atoms with Crippen LogP contribution in [-0.4, -0.2) is 25.2 Å². The second-order valence-corrected chi connectivity index (χ2v) is 6.18. The largest absolute Gasteiger partial charge is 0.481 e. The molecule has 0 N–H and O–H groups in total. The smallest absolute Gasteiger partial charge is 0.308 e. The number of ether oxygens (including phenoxy) is 2. The number of hydrogen-bond acceptors (Lipinski definition) is 4. The Hall–Kier alpha value is -1.58. The summed E-state index contributed by atoms with van der Waals surface area (Å²) in [7, 11) is 3.15. The Morgan fingerprint density at radius 2 is 2.00 bits per heavy atom. The fraction of sp³-hybridized carbons (Fsp3) is 0.667. The Labute approximate surface area is 133 Å². The maximum atomic E-state index is 11.9. The normalized spacial score (nSPS) is 22.9. The van der Waals surface area contributed by atoms with Crippen LogP contribution in [0.3, 0.4) is 0 Å². The Bertz CT molecular complexity index is 507. The second-order valence-electron chi connectivity index (χ2n) is 6.18. The standard InChI is InChI=1S/C18H27NO3/c1-5-15(18(20)22-4)13-6-8-14(9-7-13)16-10-11-19-17(21-3)12(16)2/h10-11,13-15H,5-9H2,1-4H3. The minimum absolute atomic E-state index is 0.0484. The first-order chi connectivity index (χ1) is 10.6. The molecule has 1 atom stereocenters. The predicted molar refractivity (Wildman–Crippen MR) is 86.0 cm³/mol. The second kappa shape index (κ2) is 7.61. The highest BCUT2D eigenvalue weighted by Gasteiger charge is 2.32. The lowest BCUT2D eigenvalue weighted by Gasteiger charge is -2.33. The summed E-state index contributed by atoms with van der Waals surface area (Å²) in [5, 5.41) is 0. The van der Waals surface area contributed by atoms with E-state index in [1.807, 2.05) is 6.20 Å². The van der Waals surface area contributed by atoms with Gasteiger partial charge in [-0.2, -0.15) is 0 Å². The highest BCUT2D eigenvalue weighted by molar-refractivity contribution is 5.72. The number of esters is 1. The number of carbonyl (C=O) groups is 1. The Balaban J connectivity index is 2.05. The lowest BCUT2D eigenvalue weighted by atomic mass is 9.72. The van der Waals surface area contributed by atoms with Gasteiger partial charge in [0, 0.05) is 11.8 Å². The molecule has 0 amide bonds. The number of aromatic nitrogens is 1. The van der Waals surface area contributed by atoms with Crippen LogP contribution in [0.4, 0.5) is 0 Å². The highest BCUT2D eigenvalue weighted by Crippen LogP contribution is 2.41. The minimum atomic E-state index is -0.0484. The Morgan fingerprint density at radius 1 is 1.32 bits per heavy atom. The van der Waals surface area contributed by atoms with Crippen LogP contribution in [-0.2, 0) is 9.53 Å². The van der Waals surface area contributed by atoms with Crippen LogP contribution in [0.25, 0.3) is 0 Å². The lowest BCUT2D eigenvalue weighted by molar-refractivity contribution is -0.148. The van der Waals surface area contributed by atoms with Crippen molar-refractivity contribution in [3.05, 3.63) is 23.4 Å². The van der Waals surface area contributed by atoms with Gasteiger partial charge in [-0.05, 0) is 62.5 Å². The summed E-state index contributed by atoms with van der Waals surface area (Å²) >= 11 is 0. The summed E-state index contributed by atoms with van der Waals surface area (Å²) in [6.07, 6.45) is 7.10. The molecule has 1 saturated carbocycles. The molecule has 1 fully saturated rings. The molecule has 0 aliphatic heterocycles. The average molecular weight is 305 g/mol. The fourth-order valence-corrected chi connectivity index (χ4v) is 3.86. The number of rotatable bonds is 5. The lowest BCUT2D eigenvalue weighted by Crippen LogP contribution is -2.28. The first kappa shape index (κ1) is 16.8. The molecule has 0 aromatic carbocycles. The molecule has 0 bridgehead atoms. The maximum absolute atomic E-state index is 11.9. The zero-order chi connectivity index (χ0) is 16.1. The van der Waals surface area contributed by atoms with E-state index in [9.17, 15) is 4.79 Å². The van der Waals surface area contributed by atoms with E-state index in [0.29, 0.717) is 11.8 Å². The van der Waals surface area contributed by atoms with E-state index < -0.39 is 0 Å². The number of pyridine rings is 1.